The van der Waals surface area contributed by atoms with Gasteiger partial charge in [0.1, 0.15) is 6.10 Å². The minimum absolute atomic E-state index is 0.0329. The molecule has 21 heavy (non-hydrogen) atoms. The summed E-state index contributed by atoms with van der Waals surface area (Å²) in [5.41, 5.74) is 7.03. The molecule has 0 aliphatic heterocycles. The number of nitrogens with two attached hydrogens (primary N) is 1. The van der Waals surface area contributed by atoms with Gasteiger partial charge in [0.2, 0.25) is 0 Å². The highest BCUT2D eigenvalue weighted by Gasteiger charge is 2.22. The van der Waals surface area contributed by atoms with Crippen LogP contribution in [-0.4, -0.2) is 6.04 Å². The summed E-state index contributed by atoms with van der Waals surface area (Å²) < 4.78 is 20.8. The number of hydrogen-bond donors (Lipinski definition) is 1. The molecule has 0 fully saturated rings. The molecule has 2 atom stereocenters. The topological polar surface area (TPSA) is 35.2 Å². The Morgan fingerprint density at radius 3 is 2.67 bits per heavy atom. The predicted molar refractivity (Wildman–Crippen MR) is 87.2 cm³/mol. The van der Waals surface area contributed by atoms with Gasteiger partial charge in [-0.1, -0.05) is 52.7 Å². The second-order valence-corrected chi connectivity index (χ2v) is 6.04. The zero-order chi connectivity index (χ0) is 15.4. The zero-order valence-electron chi connectivity index (χ0n) is 11.5. The van der Waals surface area contributed by atoms with Crippen molar-refractivity contribution in [3.63, 3.8) is 0 Å². The molecule has 0 saturated carbocycles. The summed E-state index contributed by atoms with van der Waals surface area (Å²) in [7, 11) is 0. The maximum Gasteiger partial charge on any atom is 0.183 e. The fourth-order valence-electron chi connectivity index (χ4n) is 2.01. The van der Waals surface area contributed by atoms with E-state index >= 15 is 0 Å². The first-order valence-electron chi connectivity index (χ1n) is 6.64. The lowest BCUT2D eigenvalue weighted by Crippen LogP contribution is -2.31. The normalized spacial score (nSPS) is 13.8. The quantitative estimate of drug-likeness (QED) is 0.792. The molecule has 2 rings (SSSR count). The van der Waals surface area contributed by atoms with Gasteiger partial charge in [-0.25, -0.2) is 4.39 Å². The lowest BCUT2D eigenvalue weighted by Gasteiger charge is -2.25. The third-order valence-corrected chi connectivity index (χ3v) is 3.99. The van der Waals surface area contributed by atoms with Crippen LogP contribution in [-0.2, 0) is 0 Å². The molecule has 0 aromatic heterocycles. The van der Waals surface area contributed by atoms with Crippen molar-refractivity contribution in [2.45, 2.75) is 25.5 Å². The van der Waals surface area contributed by atoms with Crippen LogP contribution in [0.1, 0.15) is 25.0 Å². The SMILES string of the molecule is CCC(N)C(Oc1cccc(Cl)c1F)c1cccc(Br)c1. The second-order valence-electron chi connectivity index (χ2n) is 4.72. The first kappa shape index (κ1) is 16.3. The molecule has 0 aliphatic rings. The van der Waals surface area contributed by atoms with Gasteiger partial charge >= 0.3 is 0 Å². The molecule has 2 aromatic carbocycles. The fourth-order valence-corrected chi connectivity index (χ4v) is 2.59. The number of rotatable bonds is 5. The molecule has 2 N–H and O–H groups in total. The fraction of sp³-hybridized carbons (Fsp3) is 0.250. The van der Waals surface area contributed by atoms with Gasteiger partial charge in [-0.15, -0.1) is 0 Å². The van der Waals surface area contributed by atoms with E-state index in [9.17, 15) is 4.39 Å². The van der Waals surface area contributed by atoms with Gasteiger partial charge in [-0.05, 0) is 36.2 Å². The molecular formula is C16H16BrClFNO. The summed E-state index contributed by atoms with van der Waals surface area (Å²) >= 11 is 9.21. The summed E-state index contributed by atoms with van der Waals surface area (Å²) in [5, 5.41) is 0.0329. The van der Waals surface area contributed by atoms with Crippen molar-refractivity contribution < 1.29 is 9.13 Å². The minimum Gasteiger partial charge on any atom is -0.481 e. The molecule has 0 bridgehead atoms. The molecule has 2 aromatic rings. The third kappa shape index (κ3) is 3.96. The van der Waals surface area contributed by atoms with Crippen molar-refractivity contribution >= 4 is 27.5 Å². The Kier molecular flexibility index (Phi) is 5.62. The van der Waals surface area contributed by atoms with Gasteiger partial charge in [0.15, 0.2) is 11.6 Å². The van der Waals surface area contributed by atoms with E-state index in [0.29, 0.717) is 6.42 Å². The van der Waals surface area contributed by atoms with Crippen LogP contribution < -0.4 is 10.5 Å². The number of benzene rings is 2. The Morgan fingerprint density at radius 2 is 2.00 bits per heavy atom. The van der Waals surface area contributed by atoms with E-state index in [4.69, 9.17) is 22.1 Å². The lowest BCUT2D eigenvalue weighted by molar-refractivity contribution is 0.163. The van der Waals surface area contributed by atoms with Crippen LogP contribution in [0.3, 0.4) is 0 Å². The van der Waals surface area contributed by atoms with E-state index in [2.05, 4.69) is 15.9 Å². The van der Waals surface area contributed by atoms with Gasteiger partial charge in [0.25, 0.3) is 0 Å². The van der Waals surface area contributed by atoms with Crippen molar-refractivity contribution in [3.05, 3.63) is 63.3 Å². The molecule has 2 unspecified atom stereocenters. The van der Waals surface area contributed by atoms with Crippen molar-refractivity contribution in [1.29, 1.82) is 0 Å². The monoisotopic (exact) mass is 371 g/mol. The van der Waals surface area contributed by atoms with Crippen molar-refractivity contribution in [2.75, 3.05) is 0 Å². The average Bonchev–Trinajstić information content (AvgIpc) is 2.48. The summed E-state index contributed by atoms with van der Waals surface area (Å²) in [6, 6.07) is 12.1. The lowest BCUT2D eigenvalue weighted by atomic mass is 10.0. The highest BCUT2D eigenvalue weighted by Crippen LogP contribution is 2.31. The first-order valence-corrected chi connectivity index (χ1v) is 7.81. The van der Waals surface area contributed by atoms with Crippen molar-refractivity contribution in [1.82, 2.24) is 0 Å². The number of halogens is 3. The van der Waals surface area contributed by atoms with E-state index < -0.39 is 11.9 Å². The molecule has 0 radical (unpaired) electrons. The van der Waals surface area contributed by atoms with E-state index in [1.54, 1.807) is 12.1 Å². The molecule has 0 saturated heterocycles. The van der Waals surface area contributed by atoms with Crippen molar-refractivity contribution in [3.8, 4) is 5.75 Å². The highest BCUT2D eigenvalue weighted by molar-refractivity contribution is 9.10. The Balaban J connectivity index is 2.35. The standard InChI is InChI=1S/C16H16BrClFNO/c1-2-13(20)16(10-5-3-6-11(17)9-10)21-14-8-4-7-12(18)15(14)19/h3-9,13,16H,2,20H2,1H3. The molecule has 0 spiro atoms. The van der Waals surface area contributed by atoms with Crippen LogP contribution in [0, 0.1) is 5.82 Å². The predicted octanol–water partition coefficient (Wildman–Crippen LogP) is 5.10. The molecule has 0 aliphatic carbocycles. The Labute approximate surface area is 137 Å². The average molecular weight is 373 g/mol. The Bertz CT molecular complexity index is 623. The zero-order valence-corrected chi connectivity index (χ0v) is 13.9. The van der Waals surface area contributed by atoms with E-state index in [0.717, 1.165) is 10.0 Å². The van der Waals surface area contributed by atoms with Crippen LogP contribution in [0.4, 0.5) is 4.39 Å². The van der Waals surface area contributed by atoms with E-state index in [-0.39, 0.29) is 16.8 Å². The Morgan fingerprint density at radius 1 is 1.29 bits per heavy atom. The number of ether oxygens (including phenoxy) is 1. The minimum atomic E-state index is -0.567. The van der Waals surface area contributed by atoms with Crippen molar-refractivity contribution in [2.24, 2.45) is 5.73 Å². The van der Waals surface area contributed by atoms with Crippen LogP contribution in [0.15, 0.2) is 46.9 Å². The number of hydrogen-bond acceptors (Lipinski definition) is 2. The van der Waals surface area contributed by atoms with E-state index in [1.165, 1.54) is 6.07 Å². The summed E-state index contributed by atoms with van der Waals surface area (Å²) in [6.07, 6.45) is 0.264. The van der Waals surface area contributed by atoms with Gasteiger partial charge in [-0.2, -0.15) is 0 Å². The highest BCUT2D eigenvalue weighted by atomic mass is 79.9. The molecule has 2 nitrogen and oxygen atoms in total. The second kappa shape index (κ2) is 7.25. The molecule has 112 valence electrons. The molecular weight excluding hydrogens is 357 g/mol. The van der Waals surface area contributed by atoms with Gasteiger partial charge in [0.05, 0.1) is 5.02 Å². The van der Waals surface area contributed by atoms with Crippen LogP contribution in [0.25, 0.3) is 0 Å². The molecule has 0 heterocycles. The molecule has 5 heteroatoms. The van der Waals surface area contributed by atoms with E-state index in [1.807, 2.05) is 31.2 Å². The van der Waals surface area contributed by atoms with Crippen LogP contribution in [0.2, 0.25) is 5.02 Å². The summed E-state index contributed by atoms with van der Waals surface area (Å²) in [4.78, 5) is 0. The van der Waals surface area contributed by atoms with Crippen LogP contribution in [0.5, 0.6) is 5.75 Å². The first-order chi connectivity index (χ1) is 10.0. The molecule has 0 amide bonds. The summed E-state index contributed by atoms with van der Waals surface area (Å²) in [6.45, 7) is 1.97. The Hall–Kier alpha value is -1.10. The van der Waals surface area contributed by atoms with Gasteiger partial charge < -0.3 is 10.5 Å². The summed E-state index contributed by atoms with van der Waals surface area (Å²) in [5.74, 6) is -0.459. The van der Waals surface area contributed by atoms with Gasteiger partial charge in [-0.3, -0.25) is 0 Å². The largest absolute Gasteiger partial charge is 0.481 e. The maximum atomic E-state index is 14.0. The smallest absolute Gasteiger partial charge is 0.183 e. The van der Waals surface area contributed by atoms with Gasteiger partial charge in [0, 0.05) is 10.5 Å². The maximum absolute atomic E-state index is 14.0. The third-order valence-electron chi connectivity index (χ3n) is 3.21. The van der Waals surface area contributed by atoms with Crippen LogP contribution >= 0.6 is 27.5 Å².